The molecule has 0 radical (unpaired) electrons. The Morgan fingerprint density at radius 1 is 1.33 bits per heavy atom. The van der Waals surface area contributed by atoms with Gasteiger partial charge >= 0.3 is 0 Å². The molecule has 2 heterocycles. The van der Waals surface area contributed by atoms with Gasteiger partial charge in [-0.2, -0.15) is 5.10 Å². The van der Waals surface area contributed by atoms with Crippen LogP contribution in [0.1, 0.15) is 52.6 Å². The molecular formula is C16H20N4O. The van der Waals surface area contributed by atoms with Gasteiger partial charge in [0.05, 0.1) is 6.04 Å². The van der Waals surface area contributed by atoms with Crippen LogP contribution in [-0.2, 0) is 0 Å². The second-order valence-corrected chi connectivity index (χ2v) is 5.70. The smallest absolute Gasteiger partial charge is 0.254 e. The molecule has 1 saturated heterocycles. The van der Waals surface area contributed by atoms with Gasteiger partial charge in [-0.15, -0.1) is 0 Å². The highest BCUT2D eigenvalue weighted by molar-refractivity contribution is 5.96. The Hall–Kier alpha value is -2.17. The van der Waals surface area contributed by atoms with E-state index < -0.39 is 0 Å². The topological polar surface area (TPSA) is 61.9 Å². The van der Waals surface area contributed by atoms with Crippen LogP contribution in [0.2, 0.25) is 0 Å². The van der Waals surface area contributed by atoms with Crippen molar-refractivity contribution in [2.75, 3.05) is 6.54 Å². The highest BCUT2D eigenvalue weighted by Crippen LogP contribution is 2.30. The normalized spacial score (nSPS) is 18.8. The van der Waals surface area contributed by atoms with Gasteiger partial charge in [-0.05, 0) is 44.7 Å². The number of rotatable bonds is 2. The minimum Gasteiger partial charge on any atom is -0.328 e. The summed E-state index contributed by atoms with van der Waals surface area (Å²) in [6.07, 6.45) is 4.60. The number of likely N-dealkylation sites (tertiary alicyclic amines) is 1. The van der Waals surface area contributed by atoms with Crippen LogP contribution in [0.15, 0.2) is 24.5 Å². The van der Waals surface area contributed by atoms with Crippen LogP contribution in [-0.4, -0.2) is 32.5 Å². The van der Waals surface area contributed by atoms with Gasteiger partial charge in [-0.3, -0.25) is 9.89 Å². The summed E-state index contributed by atoms with van der Waals surface area (Å²) in [5, 5.41) is 6.83. The summed E-state index contributed by atoms with van der Waals surface area (Å²) in [7, 11) is 0. The molecular weight excluding hydrogens is 264 g/mol. The molecule has 5 heteroatoms. The summed E-state index contributed by atoms with van der Waals surface area (Å²) in [6.45, 7) is 4.81. The van der Waals surface area contributed by atoms with E-state index in [9.17, 15) is 4.79 Å². The molecule has 1 atom stereocenters. The van der Waals surface area contributed by atoms with Gasteiger partial charge in [0.2, 0.25) is 0 Å². The molecule has 21 heavy (non-hydrogen) atoms. The lowest BCUT2D eigenvalue weighted by Crippen LogP contribution is -2.39. The van der Waals surface area contributed by atoms with Gasteiger partial charge in [-0.25, -0.2) is 4.98 Å². The summed E-state index contributed by atoms with van der Waals surface area (Å²) in [5.74, 6) is 0.876. The lowest BCUT2D eigenvalue weighted by Gasteiger charge is -2.34. The zero-order valence-electron chi connectivity index (χ0n) is 12.5. The number of aromatic nitrogens is 3. The minimum atomic E-state index is 0.00875. The summed E-state index contributed by atoms with van der Waals surface area (Å²) >= 11 is 0. The fourth-order valence-electron chi connectivity index (χ4n) is 3.04. The summed E-state index contributed by atoms with van der Waals surface area (Å²) in [5.41, 5.74) is 2.99. The Bertz CT molecular complexity index is 636. The zero-order valence-corrected chi connectivity index (χ0v) is 12.5. The molecule has 0 saturated carbocycles. The molecule has 3 rings (SSSR count). The van der Waals surface area contributed by atoms with Gasteiger partial charge in [0.25, 0.3) is 5.91 Å². The maximum atomic E-state index is 12.9. The van der Waals surface area contributed by atoms with Gasteiger partial charge in [0.15, 0.2) is 0 Å². The highest BCUT2D eigenvalue weighted by Gasteiger charge is 2.30. The molecule has 0 bridgehead atoms. The van der Waals surface area contributed by atoms with Crippen molar-refractivity contribution in [3.8, 4) is 0 Å². The molecule has 1 aliphatic rings. The van der Waals surface area contributed by atoms with Crippen LogP contribution in [0.5, 0.6) is 0 Å². The quantitative estimate of drug-likeness (QED) is 0.922. The second-order valence-electron chi connectivity index (χ2n) is 5.70. The molecule has 1 N–H and O–H groups in total. The van der Waals surface area contributed by atoms with Crippen molar-refractivity contribution in [1.82, 2.24) is 20.1 Å². The molecule has 1 aliphatic heterocycles. The van der Waals surface area contributed by atoms with Crippen molar-refractivity contribution in [2.45, 2.75) is 39.2 Å². The predicted molar refractivity (Wildman–Crippen MR) is 79.9 cm³/mol. The highest BCUT2D eigenvalue weighted by atomic mass is 16.2. The monoisotopic (exact) mass is 284 g/mol. The van der Waals surface area contributed by atoms with E-state index in [0.29, 0.717) is 0 Å². The second kappa shape index (κ2) is 5.68. The zero-order chi connectivity index (χ0) is 14.8. The first-order valence-electron chi connectivity index (χ1n) is 7.40. The van der Waals surface area contributed by atoms with E-state index in [1.165, 1.54) is 11.9 Å². The lowest BCUT2D eigenvalue weighted by molar-refractivity contribution is 0.0599. The summed E-state index contributed by atoms with van der Waals surface area (Å²) in [6, 6.07) is 5.99. The molecule has 1 amide bonds. The van der Waals surface area contributed by atoms with E-state index in [1.807, 2.05) is 30.9 Å². The Morgan fingerprint density at radius 3 is 2.90 bits per heavy atom. The van der Waals surface area contributed by atoms with Gasteiger partial charge in [-0.1, -0.05) is 17.7 Å². The molecule has 0 spiro atoms. The number of aromatic amines is 1. The molecule has 1 aromatic heterocycles. The third-order valence-corrected chi connectivity index (χ3v) is 4.13. The minimum absolute atomic E-state index is 0.00875. The number of hydrogen-bond donors (Lipinski definition) is 1. The van der Waals surface area contributed by atoms with E-state index in [0.717, 1.165) is 42.8 Å². The van der Waals surface area contributed by atoms with Crippen molar-refractivity contribution in [3.05, 3.63) is 47.0 Å². The van der Waals surface area contributed by atoms with E-state index in [2.05, 4.69) is 21.2 Å². The number of benzene rings is 1. The molecule has 1 aromatic carbocycles. The largest absolute Gasteiger partial charge is 0.328 e. The summed E-state index contributed by atoms with van der Waals surface area (Å²) < 4.78 is 0. The number of nitrogens with zero attached hydrogens (tertiary/aromatic N) is 3. The van der Waals surface area contributed by atoms with Crippen molar-refractivity contribution in [1.29, 1.82) is 0 Å². The van der Waals surface area contributed by atoms with Crippen LogP contribution < -0.4 is 0 Å². The van der Waals surface area contributed by atoms with Crippen LogP contribution >= 0.6 is 0 Å². The van der Waals surface area contributed by atoms with Crippen molar-refractivity contribution in [2.24, 2.45) is 0 Å². The Kier molecular flexibility index (Phi) is 3.73. The maximum Gasteiger partial charge on any atom is 0.254 e. The first-order chi connectivity index (χ1) is 10.2. The fraction of sp³-hybridized carbons (Fsp3) is 0.438. The number of carbonyl (C=O) groups is 1. The van der Waals surface area contributed by atoms with Crippen LogP contribution in [0.3, 0.4) is 0 Å². The molecule has 0 unspecified atom stereocenters. The van der Waals surface area contributed by atoms with Crippen LogP contribution in [0.25, 0.3) is 0 Å². The number of amides is 1. The number of carbonyl (C=O) groups excluding carboxylic acids is 1. The Morgan fingerprint density at radius 2 is 2.19 bits per heavy atom. The van der Waals surface area contributed by atoms with Crippen molar-refractivity contribution in [3.63, 3.8) is 0 Å². The lowest BCUT2D eigenvalue weighted by atomic mass is 9.98. The molecule has 5 nitrogen and oxygen atoms in total. The van der Waals surface area contributed by atoms with Crippen molar-refractivity contribution >= 4 is 5.91 Å². The van der Waals surface area contributed by atoms with E-state index in [1.54, 1.807) is 0 Å². The molecule has 2 aromatic rings. The van der Waals surface area contributed by atoms with Crippen LogP contribution in [0, 0.1) is 13.8 Å². The standard InChI is InChI=1S/C16H20N4O/c1-11-6-7-13(12(2)9-11)16(21)20-8-4-3-5-14(20)15-17-10-18-19-15/h6-7,9-10,14H,3-5,8H2,1-2H3,(H,17,18,19)/t14-/m0/s1. The molecule has 0 aliphatic carbocycles. The van der Waals surface area contributed by atoms with Crippen molar-refractivity contribution < 1.29 is 4.79 Å². The number of hydrogen-bond acceptors (Lipinski definition) is 3. The average molecular weight is 284 g/mol. The Balaban J connectivity index is 1.91. The van der Waals surface area contributed by atoms with E-state index in [-0.39, 0.29) is 11.9 Å². The van der Waals surface area contributed by atoms with Gasteiger partial charge in [0, 0.05) is 12.1 Å². The fourth-order valence-corrected chi connectivity index (χ4v) is 3.04. The molecule has 110 valence electrons. The first kappa shape index (κ1) is 13.8. The average Bonchev–Trinajstić information content (AvgIpc) is 3.01. The number of aryl methyl sites for hydroxylation is 2. The third-order valence-electron chi connectivity index (χ3n) is 4.13. The van der Waals surface area contributed by atoms with E-state index in [4.69, 9.17) is 0 Å². The van der Waals surface area contributed by atoms with Gasteiger partial charge in [0.1, 0.15) is 12.2 Å². The van der Waals surface area contributed by atoms with Crippen LogP contribution in [0.4, 0.5) is 0 Å². The van der Waals surface area contributed by atoms with E-state index >= 15 is 0 Å². The molecule has 1 fully saturated rings. The Labute approximate surface area is 124 Å². The summed E-state index contributed by atoms with van der Waals surface area (Å²) in [4.78, 5) is 19.1. The maximum absolute atomic E-state index is 12.9. The third kappa shape index (κ3) is 2.68. The van der Waals surface area contributed by atoms with Gasteiger partial charge < -0.3 is 4.90 Å². The number of H-pyrrole nitrogens is 1. The predicted octanol–water partition coefficient (Wildman–Crippen LogP) is 2.79. The number of nitrogens with one attached hydrogen (secondary N) is 1. The SMILES string of the molecule is Cc1ccc(C(=O)N2CCCC[C@H]2c2ncn[nH]2)c(C)c1. The first-order valence-corrected chi connectivity index (χ1v) is 7.40. The number of piperidine rings is 1.